The van der Waals surface area contributed by atoms with E-state index in [1.165, 1.54) is 5.56 Å². The Labute approximate surface area is 108 Å². The van der Waals surface area contributed by atoms with Crippen molar-refractivity contribution < 1.29 is 4.79 Å². The zero-order chi connectivity index (χ0) is 12.6. The predicted octanol–water partition coefficient (Wildman–Crippen LogP) is 1.91. The van der Waals surface area contributed by atoms with Crippen LogP contribution in [0.15, 0.2) is 36.4 Å². The van der Waals surface area contributed by atoms with Gasteiger partial charge in [-0.25, -0.2) is 0 Å². The molecule has 3 heteroatoms. The molecule has 1 saturated heterocycles. The van der Waals surface area contributed by atoms with Gasteiger partial charge in [-0.3, -0.25) is 4.79 Å². The van der Waals surface area contributed by atoms with Gasteiger partial charge in [0.25, 0.3) is 0 Å². The van der Waals surface area contributed by atoms with Crippen molar-refractivity contribution in [2.45, 2.75) is 12.8 Å². The molecule has 0 radical (unpaired) electrons. The van der Waals surface area contributed by atoms with Gasteiger partial charge in [0.2, 0.25) is 5.91 Å². The van der Waals surface area contributed by atoms with Gasteiger partial charge < -0.3 is 10.2 Å². The lowest BCUT2D eigenvalue weighted by Gasteiger charge is -2.27. The molecular formula is C15H20N2O. The van der Waals surface area contributed by atoms with Crippen molar-refractivity contribution in [2.75, 3.05) is 26.2 Å². The van der Waals surface area contributed by atoms with Crippen LogP contribution in [0.2, 0.25) is 0 Å². The summed E-state index contributed by atoms with van der Waals surface area (Å²) in [5, 5.41) is 3.25. The summed E-state index contributed by atoms with van der Waals surface area (Å²) in [7, 11) is 0. The minimum atomic E-state index is 0.272. The van der Waals surface area contributed by atoms with Crippen LogP contribution in [0.3, 0.4) is 0 Å². The third-order valence-corrected chi connectivity index (χ3v) is 3.10. The molecule has 96 valence electrons. The molecule has 3 nitrogen and oxygen atoms in total. The van der Waals surface area contributed by atoms with Gasteiger partial charge in [-0.2, -0.15) is 0 Å². The molecule has 1 aromatic rings. The molecule has 0 saturated carbocycles. The summed E-state index contributed by atoms with van der Waals surface area (Å²) in [6.07, 6.45) is 5.58. The number of carbonyl (C=O) groups is 1. The van der Waals surface area contributed by atoms with Gasteiger partial charge in [0.1, 0.15) is 0 Å². The second-order valence-corrected chi connectivity index (χ2v) is 4.48. The zero-order valence-electron chi connectivity index (χ0n) is 10.6. The van der Waals surface area contributed by atoms with Crippen LogP contribution in [0.25, 0.3) is 6.08 Å². The van der Waals surface area contributed by atoms with E-state index in [1.54, 1.807) is 0 Å². The Hall–Kier alpha value is -1.61. The first-order valence-electron chi connectivity index (χ1n) is 6.56. The fourth-order valence-corrected chi connectivity index (χ4v) is 2.06. The molecule has 1 amide bonds. The minimum absolute atomic E-state index is 0.272. The van der Waals surface area contributed by atoms with Crippen LogP contribution in [0, 0.1) is 0 Å². The van der Waals surface area contributed by atoms with Crippen LogP contribution in [-0.4, -0.2) is 37.0 Å². The van der Waals surface area contributed by atoms with Gasteiger partial charge in [0.05, 0.1) is 0 Å². The third-order valence-electron chi connectivity index (χ3n) is 3.10. The van der Waals surface area contributed by atoms with Gasteiger partial charge in [0, 0.05) is 32.6 Å². The molecule has 18 heavy (non-hydrogen) atoms. The van der Waals surface area contributed by atoms with Crippen LogP contribution in [0.4, 0.5) is 0 Å². The monoisotopic (exact) mass is 244 g/mol. The van der Waals surface area contributed by atoms with Crippen LogP contribution < -0.4 is 5.32 Å². The van der Waals surface area contributed by atoms with Crippen LogP contribution in [-0.2, 0) is 4.79 Å². The smallest absolute Gasteiger partial charge is 0.222 e. The topological polar surface area (TPSA) is 32.3 Å². The molecule has 0 spiro atoms. The van der Waals surface area contributed by atoms with Gasteiger partial charge in [-0.1, -0.05) is 42.5 Å². The van der Waals surface area contributed by atoms with Gasteiger partial charge in [-0.15, -0.1) is 0 Å². The summed E-state index contributed by atoms with van der Waals surface area (Å²) in [5.41, 5.74) is 1.19. The lowest BCUT2D eigenvalue weighted by atomic mass is 10.2. The Bertz CT molecular complexity index is 394. The summed E-state index contributed by atoms with van der Waals surface area (Å²) in [4.78, 5) is 13.8. The number of hydrogen-bond donors (Lipinski definition) is 1. The fraction of sp³-hybridized carbons (Fsp3) is 0.400. The molecule has 2 rings (SSSR count). The van der Waals surface area contributed by atoms with E-state index < -0.39 is 0 Å². The quantitative estimate of drug-likeness (QED) is 0.877. The first-order chi connectivity index (χ1) is 8.86. The minimum Gasteiger partial charge on any atom is -0.340 e. The van der Waals surface area contributed by atoms with E-state index in [-0.39, 0.29) is 5.91 Å². The largest absolute Gasteiger partial charge is 0.340 e. The van der Waals surface area contributed by atoms with Crippen molar-refractivity contribution in [1.29, 1.82) is 0 Å². The Morgan fingerprint density at radius 2 is 1.94 bits per heavy atom. The molecule has 0 unspecified atom stereocenters. The van der Waals surface area contributed by atoms with E-state index in [2.05, 4.69) is 29.6 Å². The molecule has 0 aromatic heterocycles. The second kappa shape index (κ2) is 6.97. The standard InChI is InChI=1S/C15H20N2O/c18-15(17-12-10-16-11-13-17)9-5-4-8-14-6-2-1-3-7-14/h1-4,6-8,16H,5,9-13H2/b8-4+. The van der Waals surface area contributed by atoms with Gasteiger partial charge in [0.15, 0.2) is 0 Å². The van der Waals surface area contributed by atoms with Crippen molar-refractivity contribution in [3.63, 3.8) is 0 Å². The predicted molar refractivity (Wildman–Crippen MR) is 74.2 cm³/mol. The van der Waals surface area contributed by atoms with Crippen molar-refractivity contribution >= 4 is 12.0 Å². The number of piperazine rings is 1. The highest BCUT2D eigenvalue weighted by molar-refractivity contribution is 5.76. The first kappa shape index (κ1) is 12.8. The zero-order valence-corrected chi connectivity index (χ0v) is 10.6. The Morgan fingerprint density at radius 1 is 1.22 bits per heavy atom. The maximum Gasteiger partial charge on any atom is 0.222 e. The summed E-state index contributed by atoms with van der Waals surface area (Å²) in [6, 6.07) is 10.2. The Morgan fingerprint density at radius 3 is 2.67 bits per heavy atom. The molecule has 1 fully saturated rings. The van der Waals surface area contributed by atoms with E-state index in [0.717, 1.165) is 32.6 Å². The molecule has 0 aliphatic carbocycles. The van der Waals surface area contributed by atoms with E-state index in [0.29, 0.717) is 6.42 Å². The van der Waals surface area contributed by atoms with E-state index in [1.807, 2.05) is 23.1 Å². The van der Waals surface area contributed by atoms with Crippen molar-refractivity contribution in [2.24, 2.45) is 0 Å². The highest BCUT2D eigenvalue weighted by Crippen LogP contribution is 2.05. The molecule has 1 aliphatic rings. The van der Waals surface area contributed by atoms with E-state index >= 15 is 0 Å². The highest BCUT2D eigenvalue weighted by Gasteiger charge is 2.14. The van der Waals surface area contributed by atoms with Crippen molar-refractivity contribution in [3.05, 3.63) is 42.0 Å². The average Bonchev–Trinajstić information content (AvgIpc) is 2.45. The number of allylic oxidation sites excluding steroid dienone is 1. The van der Waals surface area contributed by atoms with Gasteiger partial charge in [-0.05, 0) is 12.0 Å². The molecule has 1 aromatic carbocycles. The lowest BCUT2D eigenvalue weighted by molar-refractivity contribution is -0.131. The Kier molecular flexibility index (Phi) is 4.97. The van der Waals surface area contributed by atoms with E-state index in [4.69, 9.17) is 0 Å². The maximum atomic E-state index is 11.9. The number of rotatable bonds is 4. The Balaban J connectivity index is 1.71. The molecule has 1 heterocycles. The SMILES string of the molecule is O=C(CC/C=C/c1ccccc1)N1CCNCC1. The number of amides is 1. The number of benzene rings is 1. The molecule has 1 N–H and O–H groups in total. The van der Waals surface area contributed by atoms with E-state index in [9.17, 15) is 4.79 Å². The molecular weight excluding hydrogens is 224 g/mol. The summed E-state index contributed by atoms with van der Waals surface area (Å²) >= 11 is 0. The summed E-state index contributed by atoms with van der Waals surface area (Å²) in [5.74, 6) is 0.272. The second-order valence-electron chi connectivity index (χ2n) is 4.48. The molecule has 0 bridgehead atoms. The van der Waals surface area contributed by atoms with Crippen molar-refractivity contribution in [1.82, 2.24) is 10.2 Å². The van der Waals surface area contributed by atoms with Crippen molar-refractivity contribution in [3.8, 4) is 0 Å². The number of hydrogen-bond acceptors (Lipinski definition) is 2. The first-order valence-corrected chi connectivity index (χ1v) is 6.56. The molecule has 0 atom stereocenters. The lowest BCUT2D eigenvalue weighted by Crippen LogP contribution is -2.46. The maximum absolute atomic E-state index is 11.9. The van der Waals surface area contributed by atoms with Crippen LogP contribution >= 0.6 is 0 Å². The number of carbonyl (C=O) groups excluding carboxylic acids is 1. The van der Waals surface area contributed by atoms with Crippen LogP contribution in [0.5, 0.6) is 0 Å². The van der Waals surface area contributed by atoms with Gasteiger partial charge >= 0.3 is 0 Å². The highest BCUT2D eigenvalue weighted by atomic mass is 16.2. The fourth-order valence-electron chi connectivity index (χ4n) is 2.06. The number of nitrogens with one attached hydrogen (secondary N) is 1. The summed E-state index contributed by atoms with van der Waals surface area (Å²) in [6.45, 7) is 3.54. The third kappa shape index (κ3) is 4.00. The molecule has 1 aliphatic heterocycles. The summed E-state index contributed by atoms with van der Waals surface area (Å²) < 4.78 is 0. The normalized spacial score (nSPS) is 16.1. The number of nitrogens with zero attached hydrogens (tertiary/aromatic N) is 1. The average molecular weight is 244 g/mol. The van der Waals surface area contributed by atoms with Crippen LogP contribution in [0.1, 0.15) is 18.4 Å².